The molecule has 0 spiro atoms. The van der Waals surface area contributed by atoms with Crippen LogP contribution in [0.25, 0.3) is 0 Å². The summed E-state index contributed by atoms with van der Waals surface area (Å²) in [7, 11) is 1.89. The minimum Gasteiger partial charge on any atom is -0.378 e. The lowest BCUT2D eigenvalue weighted by Gasteiger charge is -2.29. The summed E-state index contributed by atoms with van der Waals surface area (Å²) in [4.78, 5) is 18.0. The van der Waals surface area contributed by atoms with Gasteiger partial charge in [0.15, 0.2) is 0 Å². The molecule has 1 amide bonds. The first kappa shape index (κ1) is 22.2. The van der Waals surface area contributed by atoms with Gasteiger partial charge in [0.25, 0.3) is 5.91 Å². The van der Waals surface area contributed by atoms with Crippen molar-refractivity contribution in [3.63, 3.8) is 0 Å². The Morgan fingerprint density at radius 3 is 2.34 bits per heavy atom. The number of carbonyl (C=O) groups excluding carboxylic acids is 1. The predicted molar refractivity (Wildman–Crippen MR) is 129 cm³/mol. The van der Waals surface area contributed by atoms with Gasteiger partial charge < -0.3 is 19.1 Å². The number of nitrogens with zero attached hydrogens (tertiary/aromatic N) is 3. The molecule has 1 saturated heterocycles. The molecule has 2 aromatic carbocycles. The van der Waals surface area contributed by atoms with E-state index in [-0.39, 0.29) is 5.91 Å². The second-order valence-electron chi connectivity index (χ2n) is 8.73. The predicted octanol–water partition coefficient (Wildman–Crippen LogP) is 4.57. The maximum atomic E-state index is 13.8. The summed E-state index contributed by atoms with van der Waals surface area (Å²) in [6, 6.07) is 18.7. The molecule has 1 aromatic heterocycles. The molecule has 0 radical (unpaired) electrons. The monoisotopic (exact) mass is 431 g/mol. The summed E-state index contributed by atoms with van der Waals surface area (Å²) >= 11 is 0. The zero-order valence-electron chi connectivity index (χ0n) is 19.6. The van der Waals surface area contributed by atoms with E-state index in [1.807, 2.05) is 30.1 Å². The summed E-state index contributed by atoms with van der Waals surface area (Å²) in [5.41, 5.74) is 7.72. The van der Waals surface area contributed by atoms with Gasteiger partial charge in [-0.3, -0.25) is 4.79 Å². The molecule has 1 fully saturated rings. The van der Waals surface area contributed by atoms with Crippen LogP contribution in [0.3, 0.4) is 0 Å². The molecule has 5 nitrogen and oxygen atoms in total. The highest BCUT2D eigenvalue weighted by Crippen LogP contribution is 2.33. The van der Waals surface area contributed by atoms with Crippen LogP contribution in [-0.2, 0) is 17.8 Å². The van der Waals surface area contributed by atoms with Crippen LogP contribution in [0.4, 0.5) is 5.69 Å². The van der Waals surface area contributed by atoms with Crippen LogP contribution in [0, 0.1) is 20.8 Å². The molecule has 5 heteroatoms. The van der Waals surface area contributed by atoms with Gasteiger partial charge in [0.1, 0.15) is 5.69 Å². The number of carbonyl (C=O) groups is 1. The molecule has 1 aliphatic heterocycles. The van der Waals surface area contributed by atoms with Crippen molar-refractivity contribution >= 4 is 11.6 Å². The molecular weight excluding hydrogens is 398 g/mol. The fourth-order valence-corrected chi connectivity index (χ4v) is 4.71. The molecule has 0 atom stereocenters. The average molecular weight is 432 g/mol. The van der Waals surface area contributed by atoms with E-state index >= 15 is 0 Å². The van der Waals surface area contributed by atoms with E-state index in [9.17, 15) is 4.79 Å². The van der Waals surface area contributed by atoms with E-state index in [1.54, 1.807) is 0 Å². The Hall–Kier alpha value is -3.05. The number of amides is 1. The van der Waals surface area contributed by atoms with E-state index in [0.29, 0.717) is 13.1 Å². The average Bonchev–Trinajstić information content (AvgIpc) is 3.03. The molecule has 0 bridgehead atoms. The van der Waals surface area contributed by atoms with Crippen molar-refractivity contribution in [2.45, 2.75) is 33.9 Å². The van der Waals surface area contributed by atoms with Gasteiger partial charge in [-0.15, -0.1) is 0 Å². The van der Waals surface area contributed by atoms with E-state index in [0.717, 1.165) is 48.8 Å². The van der Waals surface area contributed by atoms with Crippen LogP contribution < -0.4 is 4.90 Å². The molecule has 0 aliphatic carbocycles. The number of aryl methyl sites for hydroxylation is 1. The quantitative estimate of drug-likeness (QED) is 0.574. The Bertz CT molecular complexity index is 1080. The van der Waals surface area contributed by atoms with E-state index in [1.165, 1.54) is 16.8 Å². The van der Waals surface area contributed by atoms with Crippen LogP contribution in [0.5, 0.6) is 0 Å². The number of hydrogen-bond donors (Lipinski definition) is 0. The fraction of sp³-hybridized carbons (Fsp3) is 0.370. The highest BCUT2D eigenvalue weighted by molar-refractivity contribution is 5.96. The summed E-state index contributed by atoms with van der Waals surface area (Å²) in [6.45, 7) is 10.7. The Morgan fingerprint density at radius 2 is 1.66 bits per heavy atom. The molecule has 3 aromatic rings. The summed E-state index contributed by atoms with van der Waals surface area (Å²) < 4.78 is 7.78. The third kappa shape index (κ3) is 4.58. The minimum atomic E-state index is 0.0571. The van der Waals surface area contributed by atoms with Crippen LogP contribution in [0.2, 0.25) is 0 Å². The number of morpholine rings is 1. The van der Waals surface area contributed by atoms with Gasteiger partial charge in [0.05, 0.1) is 18.9 Å². The molecule has 0 N–H and O–H groups in total. The number of benzene rings is 2. The third-order valence-electron chi connectivity index (χ3n) is 6.29. The van der Waals surface area contributed by atoms with Crippen LogP contribution in [0.1, 0.15) is 38.4 Å². The van der Waals surface area contributed by atoms with Gasteiger partial charge in [-0.25, -0.2) is 0 Å². The number of aromatic nitrogens is 1. The third-order valence-corrected chi connectivity index (χ3v) is 6.29. The molecule has 1 aliphatic rings. The maximum Gasteiger partial charge on any atom is 0.270 e. The lowest BCUT2D eigenvalue weighted by molar-refractivity contribution is 0.0774. The topological polar surface area (TPSA) is 37.7 Å². The van der Waals surface area contributed by atoms with Gasteiger partial charge in [0.2, 0.25) is 0 Å². The molecule has 4 rings (SSSR count). The van der Waals surface area contributed by atoms with Crippen LogP contribution in [0.15, 0.2) is 54.6 Å². The van der Waals surface area contributed by atoms with Gasteiger partial charge in [0, 0.05) is 44.5 Å². The van der Waals surface area contributed by atoms with Crippen LogP contribution in [-0.4, -0.2) is 48.7 Å². The highest BCUT2D eigenvalue weighted by atomic mass is 16.5. The van der Waals surface area contributed by atoms with Crippen molar-refractivity contribution in [1.82, 2.24) is 9.47 Å². The van der Waals surface area contributed by atoms with Gasteiger partial charge in [-0.2, -0.15) is 0 Å². The smallest absolute Gasteiger partial charge is 0.270 e. The Morgan fingerprint density at radius 1 is 0.969 bits per heavy atom. The highest BCUT2D eigenvalue weighted by Gasteiger charge is 2.28. The SMILES string of the molecule is Cc1cccc(Cn2c(C)c(N3CCOCC3)c(C)c2C(=O)N(C)Cc2ccccc2)c1. The standard InChI is InChI=1S/C27H33N3O2/c1-20-9-8-12-24(17-20)19-30-22(3)25(29-13-15-32-16-14-29)21(2)26(30)27(31)28(4)18-23-10-6-5-7-11-23/h5-12,17H,13-16,18-19H2,1-4H3. The first-order valence-corrected chi connectivity index (χ1v) is 11.3. The van der Waals surface area contributed by atoms with E-state index < -0.39 is 0 Å². The Balaban J connectivity index is 1.73. The number of rotatable bonds is 6. The first-order chi connectivity index (χ1) is 15.5. The lowest BCUT2D eigenvalue weighted by Crippen LogP contribution is -2.36. The number of anilines is 1. The van der Waals surface area contributed by atoms with Crippen molar-refractivity contribution < 1.29 is 9.53 Å². The van der Waals surface area contributed by atoms with Gasteiger partial charge in [-0.1, -0.05) is 60.2 Å². The maximum absolute atomic E-state index is 13.8. The van der Waals surface area contributed by atoms with E-state index in [2.05, 4.69) is 66.6 Å². The lowest BCUT2D eigenvalue weighted by atomic mass is 10.1. The van der Waals surface area contributed by atoms with E-state index in [4.69, 9.17) is 4.74 Å². The minimum absolute atomic E-state index is 0.0571. The van der Waals surface area contributed by atoms with Gasteiger partial charge >= 0.3 is 0 Å². The molecule has 0 saturated carbocycles. The van der Waals surface area contributed by atoms with Crippen molar-refractivity contribution in [3.8, 4) is 0 Å². The molecular formula is C27H33N3O2. The van der Waals surface area contributed by atoms with Crippen molar-refractivity contribution in [2.75, 3.05) is 38.3 Å². The molecule has 168 valence electrons. The largest absolute Gasteiger partial charge is 0.378 e. The summed E-state index contributed by atoms with van der Waals surface area (Å²) in [5, 5.41) is 0. The first-order valence-electron chi connectivity index (χ1n) is 11.3. The van der Waals surface area contributed by atoms with Crippen molar-refractivity contribution in [1.29, 1.82) is 0 Å². The molecule has 0 unspecified atom stereocenters. The van der Waals surface area contributed by atoms with Crippen LogP contribution >= 0.6 is 0 Å². The second-order valence-corrected chi connectivity index (χ2v) is 8.73. The summed E-state index contributed by atoms with van der Waals surface area (Å²) in [5.74, 6) is 0.0571. The Labute approximate surface area is 191 Å². The second kappa shape index (κ2) is 9.61. The zero-order valence-corrected chi connectivity index (χ0v) is 19.6. The molecule has 2 heterocycles. The fourth-order valence-electron chi connectivity index (χ4n) is 4.71. The summed E-state index contributed by atoms with van der Waals surface area (Å²) in [6.07, 6.45) is 0. The Kier molecular flexibility index (Phi) is 6.66. The number of hydrogen-bond acceptors (Lipinski definition) is 3. The van der Waals surface area contributed by atoms with Gasteiger partial charge in [-0.05, 0) is 31.9 Å². The molecule has 32 heavy (non-hydrogen) atoms. The normalized spacial score (nSPS) is 13.9. The van der Waals surface area contributed by atoms with Crippen molar-refractivity contribution in [3.05, 3.63) is 88.2 Å². The number of ether oxygens (including phenoxy) is 1. The zero-order chi connectivity index (χ0) is 22.7. The van der Waals surface area contributed by atoms with Crippen molar-refractivity contribution in [2.24, 2.45) is 0 Å².